The molecule has 0 aromatic heterocycles. The zero-order valence-corrected chi connectivity index (χ0v) is 9.24. The third-order valence-corrected chi connectivity index (χ3v) is 2.11. The topological polar surface area (TPSA) is 52.6 Å². The van der Waals surface area contributed by atoms with E-state index < -0.39 is 6.10 Å². The van der Waals surface area contributed by atoms with Crippen LogP contribution in [0.25, 0.3) is 0 Å². The van der Waals surface area contributed by atoms with E-state index in [0.717, 1.165) is 13.1 Å². The smallest absolute Gasteiger partial charge is 0.0900 e. The molecule has 0 saturated carbocycles. The molecule has 0 heterocycles. The summed E-state index contributed by atoms with van der Waals surface area (Å²) >= 11 is 0. The van der Waals surface area contributed by atoms with E-state index in [-0.39, 0.29) is 6.61 Å². The monoisotopic (exact) mass is 204 g/mol. The molecule has 1 radical (unpaired) electrons. The van der Waals surface area contributed by atoms with Gasteiger partial charge in [-0.05, 0) is 19.5 Å². The van der Waals surface area contributed by atoms with Crippen molar-refractivity contribution < 1.29 is 14.9 Å². The van der Waals surface area contributed by atoms with Crippen LogP contribution in [0.2, 0.25) is 0 Å². The second-order valence-corrected chi connectivity index (χ2v) is 3.27. The molecule has 1 unspecified atom stereocenters. The highest BCUT2D eigenvalue weighted by Crippen LogP contribution is 1.93. The lowest BCUT2D eigenvalue weighted by Gasteiger charge is -2.21. The summed E-state index contributed by atoms with van der Waals surface area (Å²) in [5, 5.41) is 19.6. The standard InChI is InChI=1S/C10H22NO3/c1-3-11(4-2)8-10(13)9-14-7-5-6-12/h10,13H,3-9H2,1-2H3. The van der Waals surface area contributed by atoms with Gasteiger partial charge in [0.05, 0.1) is 19.3 Å². The van der Waals surface area contributed by atoms with Gasteiger partial charge in [-0.2, -0.15) is 0 Å². The first-order chi connectivity index (χ1) is 6.74. The van der Waals surface area contributed by atoms with Gasteiger partial charge < -0.3 is 14.7 Å². The fourth-order valence-electron chi connectivity index (χ4n) is 1.21. The molecule has 0 fully saturated rings. The summed E-state index contributed by atoms with van der Waals surface area (Å²) in [6.45, 7) is 7.33. The van der Waals surface area contributed by atoms with Gasteiger partial charge in [0.1, 0.15) is 0 Å². The van der Waals surface area contributed by atoms with Gasteiger partial charge in [0, 0.05) is 13.2 Å². The molecule has 0 aliphatic heterocycles. The quantitative estimate of drug-likeness (QED) is 0.557. The SMILES string of the molecule is CCN(CC)CC(O)COCCC[O]. The highest BCUT2D eigenvalue weighted by atomic mass is 16.5. The van der Waals surface area contributed by atoms with E-state index in [1.807, 2.05) is 0 Å². The fraction of sp³-hybridized carbons (Fsp3) is 1.00. The van der Waals surface area contributed by atoms with Crippen LogP contribution in [-0.4, -0.2) is 55.6 Å². The largest absolute Gasteiger partial charge is 0.389 e. The molecule has 14 heavy (non-hydrogen) atoms. The molecule has 4 heteroatoms. The first-order valence-electron chi connectivity index (χ1n) is 5.30. The number of hydrogen-bond acceptors (Lipinski definition) is 3. The Morgan fingerprint density at radius 3 is 2.50 bits per heavy atom. The Kier molecular flexibility index (Phi) is 9.29. The van der Waals surface area contributed by atoms with Crippen molar-refractivity contribution >= 4 is 0 Å². The van der Waals surface area contributed by atoms with Crippen LogP contribution in [-0.2, 0) is 9.84 Å². The summed E-state index contributed by atoms with van der Waals surface area (Å²) < 4.78 is 5.15. The van der Waals surface area contributed by atoms with Crippen molar-refractivity contribution in [2.75, 3.05) is 39.5 Å². The Hall–Kier alpha value is -0.160. The molecule has 1 N–H and O–H groups in total. The number of aliphatic hydroxyl groups excluding tert-OH is 1. The zero-order valence-electron chi connectivity index (χ0n) is 9.24. The Morgan fingerprint density at radius 1 is 1.36 bits per heavy atom. The van der Waals surface area contributed by atoms with Gasteiger partial charge in [-0.15, -0.1) is 0 Å². The van der Waals surface area contributed by atoms with Crippen LogP contribution in [0.5, 0.6) is 0 Å². The van der Waals surface area contributed by atoms with Crippen LogP contribution in [0, 0.1) is 0 Å². The highest BCUT2D eigenvalue weighted by molar-refractivity contribution is 4.61. The van der Waals surface area contributed by atoms with Gasteiger partial charge in [-0.1, -0.05) is 13.8 Å². The van der Waals surface area contributed by atoms with E-state index in [0.29, 0.717) is 26.2 Å². The molecule has 0 rings (SSSR count). The zero-order chi connectivity index (χ0) is 10.8. The number of hydrogen-bond donors (Lipinski definition) is 1. The molecular formula is C10H22NO3. The molecule has 0 saturated heterocycles. The van der Waals surface area contributed by atoms with E-state index in [1.54, 1.807) is 0 Å². The average Bonchev–Trinajstić information content (AvgIpc) is 2.21. The predicted octanol–water partition coefficient (Wildman–Crippen LogP) is 0.526. The summed E-state index contributed by atoms with van der Waals surface area (Å²) in [6, 6.07) is 0. The van der Waals surface area contributed by atoms with E-state index in [2.05, 4.69) is 18.7 Å². The van der Waals surface area contributed by atoms with Crippen LogP contribution in [0.1, 0.15) is 20.3 Å². The lowest BCUT2D eigenvalue weighted by molar-refractivity contribution is 0.0116. The minimum absolute atomic E-state index is 0.105. The van der Waals surface area contributed by atoms with Crippen LogP contribution in [0.15, 0.2) is 0 Å². The van der Waals surface area contributed by atoms with Gasteiger partial charge in [0.15, 0.2) is 0 Å². The fourth-order valence-corrected chi connectivity index (χ4v) is 1.21. The second-order valence-electron chi connectivity index (χ2n) is 3.27. The molecule has 0 aliphatic carbocycles. The van der Waals surface area contributed by atoms with E-state index in [9.17, 15) is 10.2 Å². The van der Waals surface area contributed by atoms with E-state index in [1.165, 1.54) is 0 Å². The average molecular weight is 204 g/mol. The third-order valence-electron chi connectivity index (χ3n) is 2.11. The molecule has 4 nitrogen and oxygen atoms in total. The lowest BCUT2D eigenvalue weighted by atomic mass is 10.3. The highest BCUT2D eigenvalue weighted by Gasteiger charge is 2.08. The van der Waals surface area contributed by atoms with Gasteiger partial charge in [0.2, 0.25) is 0 Å². The van der Waals surface area contributed by atoms with Crippen LogP contribution < -0.4 is 0 Å². The first kappa shape index (κ1) is 13.8. The van der Waals surface area contributed by atoms with Crippen LogP contribution >= 0.6 is 0 Å². The van der Waals surface area contributed by atoms with Crippen LogP contribution in [0.4, 0.5) is 0 Å². The Morgan fingerprint density at radius 2 is 2.00 bits per heavy atom. The minimum atomic E-state index is -0.443. The summed E-state index contributed by atoms with van der Waals surface area (Å²) in [5.74, 6) is 0. The van der Waals surface area contributed by atoms with Crippen molar-refractivity contribution in [1.29, 1.82) is 0 Å². The van der Waals surface area contributed by atoms with E-state index >= 15 is 0 Å². The predicted molar refractivity (Wildman–Crippen MR) is 54.8 cm³/mol. The summed E-state index contributed by atoms with van der Waals surface area (Å²) in [4.78, 5) is 2.14. The van der Waals surface area contributed by atoms with Gasteiger partial charge in [-0.3, -0.25) is 0 Å². The van der Waals surface area contributed by atoms with Crippen molar-refractivity contribution in [3.8, 4) is 0 Å². The molecular weight excluding hydrogens is 182 g/mol. The van der Waals surface area contributed by atoms with Gasteiger partial charge in [-0.25, -0.2) is 5.11 Å². The number of likely N-dealkylation sites (N-methyl/N-ethyl adjacent to an activating group) is 1. The number of aliphatic hydroxyl groups is 1. The summed E-state index contributed by atoms with van der Waals surface area (Å²) in [6.07, 6.45) is 0.0828. The van der Waals surface area contributed by atoms with Gasteiger partial charge in [0.25, 0.3) is 0 Å². The van der Waals surface area contributed by atoms with Crippen LogP contribution in [0.3, 0.4) is 0 Å². The lowest BCUT2D eigenvalue weighted by Crippen LogP contribution is -2.34. The molecule has 0 aromatic carbocycles. The summed E-state index contributed by atoms with van der Waals surface area (Å²) in [5.41, 5.74) is 0. The molecule has 0 aromatic rings. The molecule has 0 bridgehead atoms. The van der Waals surface area contributed by atoms with Crippen molar-refractivity contribution in [3.63, 3.8) is 0 Å². The maximum Gasteiger partial charge on any atom is 0.0900 e. The summed E-state index contributed by atoms with van der Waals surface area (Å²) in [7, 11) is 0. The van der Waals surface area contributed by atoms with Crippen molar-refractivity contribution in [1.82, 2.24) is 4.90 Å². The molecule has 0 amide bonds. The third kappa shape index (κ3) is 7.26. The molecule has 85 valence electrons. The minimum Gasteiger partial charge on any atom is -0.389 e. The van der Waals surface area contributed by atoms with Crippen molar-refractivity contribution in [3.05, 3.63) is 0 Å². The Balaban J connectivity index is 3.38. The Bertz CT molecular complexity index is 118. The first-order valence-corrected chi connectivity index (χ1v) is 5.30. The number of nitrogens with zero attached hydrogens (tertiary/aromatic N) is 1. The normalized spacial score (nSPS) is 13.5. The maximum atomic E-state index is 10.1. The maximum absolute atomic E-state index is 10.1. The van der Waals surface area contributed by atoms with Crippen molar-refractivity contribution in [2.24, 2.45) is 0 Å². The van der Waals surface area contributed by atoms with Gasteiger partial charge >= 0.3 is 0 Å². The number of ether oxygens (including phenoxy) is 1. The molecule has 0 spiro atoms. The Labute approximate surface area is 86.5 Å². The molecule has 1 atom stereocenters. The van der Waals surface area contributed by atoms with Crippen molar-refractivity contribution in [2.45, 2.75) is 26.4 Å². The number of rotatable bonds is 9. The molecule has 0 aliphatic rings. The van der Waals surface area contributed by atoms with E-state index in [4.69, 9.17) is 4.74 Å². The second kappa shape index (κ2) is 9.40.